The van der Waals surface area contributed by atoms with Gasteiger partial charge in [-0.15, -0.1) is 0 Å². The Bertz CT molecular complexity index is 2010. The van der Waals surface area contributed by atoms with E-state index < -0.39 is 0 Å². The van der Waals surface area contributed by atoms with Crippen LogP contribution in [0.1, 0.15) is 146 Å². The summed E-state index contributed by atoms with van der Waals surface area (Å²) in [5.41, 5.74) is 14.9. The Kier molecular flexibility index (Phi) is 12.5. The number of benzene rings is 5. The monoisotopic (exact) mass is 807 g/mol. The van der Waals surface area contributed by atoms with Crippen LogP contribution in [0.4, 0.5) is 0 Å². The lowest BCUT2D eigenvalue weighted by Crippen LogP contribution is -2.40. The van der Waals surface area contributed by atoms with E-state index in [1.807, 2.05) is 0 Å². The van der Waals surface area contributed by atoms with Gasteiger partial charge < -0.3 is 19.7 Å². The fourth-order valence-electron chi connectivity index (χ4n) is 11.6. The first-order valence-electron chi connectivity index (χ1n) is 22.5. The van der Waals surface area contributed by atoms with Crippen LogP contribution >= 0.6 is 0 Å². The van der Waals surface area contributed by atoms with Crippen molar-refractivity contribution < 1.29 is 19.7 Å². The van der Waals surface area contributed by atoms with Gasteiger partial charge >= 0.3 is 0 Å². The van der Waals surface area contributed by atoms with Crippen LogP contribution in [0.25, 0.3) is 0 Å². The summed E-state index contributed by atoms with van der Waals surface area (Å²) in [6, 6.07) is 36.8. The van der Waals surface area contributed by atoms with E-state index in [1.165, 1.54) is 44.5 Å². The summed E-state index contributed by atoms with van der Waals surface area (Å²) in [6.07, 6.45) is 8.91. The molecule has 0 heterocycles. The third-order valence-electron chi connectivity index (χ3n) is 16.1. The van der Waals surface area contributed by atoms with Crippen molar-refractivity contribution in [2.24, 2.45) is 11.8 Å². The molecule has 5 aromatic carbocycles. The average Bonchev–Trinajstić information content (AvgIpc) is 3.26. The Labute approximate surface area is 361 Å². The van der Waals surface area contributed by atoms with Crippen LogP contribution in [0.2, 0.25) is 0 Å². The highest BCUT2D eigenvalue weighted by Gasteiger charge is 2.45. The molecule has 0 unspecified atom stereocenters. The minimum absolute atomic E-state index is 0.0274. The Balaban J connectivity index is 1.10. The first-order chi connectivity index (χ1) is 28.6. The van der Waals surface area contributed by atoms with E-state index in [0.717, 1.165) is 85.1 Å². The van der Waals surface area contributed by atoms with Gasteiger partial charge in [-0.3, -0.25) is 0 Å². The highest BCUT2D eigenvalue weighted by Crippen LogP contribution is 2.54. The molecule has 60 heavy (non-hydrogen) atoms. The molecule has 0 spiro atoms. The minimum Gasteiger partial charge on any atom is -0.496 e. The first kappa shape index (κ1) is 43.7. The molecular formula is C56H70O4. The molecule has 0 atom stereocenters. The fraction of sp³-hybridized carbons (Fsp3) is 0.464. The van der Waals surface area contributed by atoms with E-state index >= 15 is 0 Å². The Morgan fingerprint density at radius 1 is 0.467 bits per heavy atom. The zero-order valence-electron chi connectivity index (χ0n) is 38.2. The summed E-state index contributed by atoms with van der Waals surface area (Å²) in [5.74, 6) is 3.01. The zero-order valence-corrected chi connectivity index (χ0v) is 38.2. The van der Waals surface area contributed by atoms with E-state index in [0.29, 0.717) is 11.8 Å². The van der Waals surface area contributed by atoms with Gasteiger partial charge in [0.15, 0.2) is 0 Å². The average molecular weight is 807 g/mol. The molecule has 2 saturated carbocycles. The van der Waals surface area contributed by atoms with Gasteiger partial charge in [0.25, 0.3) is 0 Å². The van der Waals surface area contributed by atoms with Gasteiger partial charge in [0.2, 0.25) is 0 Å². The molecule has 0 saturated heterocycles. The molecule has 4 nitrogen and oxygen atoms in total. The third-order valence-corrected chi connectivity index (χ3v) is 16.1. The second-order valence-corrected chi connectivity index (χ2v) is 19.7. The van der Waals surface area contributed by atoms with Crippen molar-refractivity contribution in [2.45, 2.75) is 142 Å². The molecule has 2 aliphatic rings. The van der Waals surface area contributed by atoms with Crippen LogP contribution in [0.5, 0.6) is 11.5 Å². The third kappa shape index (κ3) is 7.84. The molecule has 2 N–H and O–H groups in total. The van der Waals surface area contributed by atoms with E-state index in [4.69, 9.17) is 9.47 Å². The summed E-state index contributed by atoms with van der Waals surface area (Å²) in [6.45, 7) is 18.6. The van der Waals surface area contributed by atoms with E-state index in [9.17, 15) is 10.2 Å². The number of hydrogen-bond acceptors (Lipinski definition) is 4. The Hall–Kier alpha value is -4.38. The van der Waals surface area contributed by atoms with Crippen LogP contribution < -0.4 is 9.47 Å². The highest BCUT2D eigenvalue weighted by atomic mass is 16.5. The Morgan fingerprint density at radius 3 is 1.03 bits per heavy atom. The lowest BCUT2D eigenvalue weighted by Gasteiger charge is -2.47. The molecule has 4 heteroatoms. The van der Waals surface area contributed by atoms with Gasteiger partial charge in [-0.2, -0.15) is 0 Å². The summed E-state index contributed by atoms with van der Waals surface area (Å²) >= 11 is 0. The van der Waals surface area contributed by atoms with Crippen molar-refractivity contribution in [1.82, 2.24) is 0 Å². The molecule has 0 radical (unpaired) electrons. The molecule has 0 aromatic heterocycles. The lowest BCUT2D eigenvalue weighted by atomic mass is 9.57. The van der Waals surface area contributed by atoms with Crippen LogP contribution in [0, 0.1) is 39.5 Å². The first-order valence-corrected chi connectivity index (χ1v) is 22.5. The smallest absolute Gasteiger partial charge is 0.121 e. The van der Waals surface area contributed by atoms with Crippen LogP contribution in [0.3, 0.4) is 0 Å². The highest BCUT2D eigenvalue weighted by molar-refractivity contribution is 5.50. The van der Waals surface area contributed by atoms with E-state index in [-0.39, 0.29) is 34.9 Å². The fourth-order valence-corrected chi connectivity index (χ4v) is 11.6. The number of ether oxygens (including phenoxy) is 2. The van der Waals surface area contributed by atoms with Gasteiger partial charge in [0.1, 0.15) is 11.5 Å². The number of hydrogen-bond donors (Lipinski definition) is 2. The minimum atomic E-state index is -0.103. The van der Waals surface area contributed by atoms with E-state index in [1.54, 1.807) is 14.2 Å². The molecule has 0 amide bonds. The standard InChI is InChI=1S/C56H70O4/c1-37-31-47(13-11-41(37)35-57)55(48-14-12-42(36-58)38(2)32-48)27-23-45(24-28-55)53(5,6)43-15-17-44(18-16-43)54(7,8)46-25-29-56(30-26-46,49-19-21-51(59-9)39(3)33-49)50-20-22-52(60-10)40(4)34-50/h11-22,31-34,45-46,57-58H,23-30,35-36H2,1-10H3. The van der Waals surface area contributed by atoms with Gasteiger partial charge in [0, 0.05) is 10.8 Å². The van der Waals surface area contributed by atoms with Gasteiger partial charge in [-0.25, -0.2) is 0 Å². The number of aliphatic hydroxyl groups excluding tert-OH is 2. The van der Waals surface area contributed by atoms with Crippen molar-refractivity contribution in [3.05, 3.63) is 164 Å². The van der Waals surface area contributed by atoms with Crippen LogP contribution in [-0.2, 0) is 34.9 Å². The summed E-state index contributed by atoms with van der Waals surface area (Å²) in [5, 5.41) is 19.9. The number of aryl methyl sites for hydroxylation is 4. The van der Waals surface area contributed by atoms with Gasteiger partial charge in [-0.05, 0) is 181 Å². The van der Waals surface area contributed by atoms with Crippen molar-refractivity contribution in [3.8, 4) is 11.5 Å². The van der Waals surface area contributed by atoms with Gasteiger partial charge in [-0.1, -0.05) is 113 Å². The largest absolute Gasteiger partial charge is 0.496 e. The Morgan fingerprint density at radius 2 is 0.767 bits per heavy atom. The number of aliphatic hydroxyl groups is 2. The number of rotatable bonds is 12. The van der Waals surface area contributed by atoms with E-state index in [2.05, 4.69) is 152 Å². The normalized spacial score (nSPS) is 17.4. The quantitative estimate of drug-likeness (QED) is 0.132. The van der Waals surface area contributed by atoms with Gasteiger partial charge in [0.05, 0.1) is 27.4 Å². The summed E-state index contributed by atoms with van der Waals surface area (Å²) in [4.78, 5) is 0. The van der Waals surface area contributed by atoms with Crippen molar-refractivity contribution in [1.29, 1.82) is 0 Å². The zero-order chi connectivity index (χ0) is 43.0. The van der Waals surface area contributed by atoms with Crippen LogP contribution in [-0.4, -0.2) is 24.4 Å². The maximum Gasteiger partial charge on any atom is 0.121 e. The molecule has 2 aliphatic carbocycles. The molecule has 5 aromatic rings. The predicted molar refractivity (Wildman–Crippen MR) is 248 cm³/mol. The molecule has 2 fully saturated rings. The molecule has 0 aliphatic heterocycles. The SMILES string of the molecule is COc1ccc(C2(c3ccc(OC)c(C)c3)CCC(C(C)(C)c3ccc(C(C)(C)C4CCC(c5ccc(CO)c(C)c5)(c5ccc(CO)c(C)c5)CC4)cc3)CC2)cc1C. The summed E-state index contributed by atoms with van der Waals surface area (Å²) < 4.78 is 11.4. The van der Waals surface area contributed by atoms with Crippen molar-refractivity contribution >= 4 is 0 Å². The lowest BCUT2D eigenvalue weighted by molar-refractivity contribution is 0.186. The maximum atomic E-state index is 9.97. The second kappa shape index (κ2) is 17.2. The second-order valence-electron chi connectivity index (χ2n) is 19.7. The van der Waals surface area contributed by atoms with Crippen molar-refractivity contribution in [3.63, 3.8) is 0 Å². The van der Waals surface area contributed by atoms with Crippen LogP contribution in [0.15, 0.2) is 97.1 Å². The maximum absolute atomic E-state index is 9.97. The number of methoxy groups -OCH3 is 2. The molecule has 7 rings (SSSR count). The molecule has 0 bridgehead atoms. The predicted octanol–water partition coefficient (Wildman–Crippen LogP) is 12.8. The summed E-state index contributed by atoms with van der Waals surface area (Å²) in [7, 11) is 3.52. The topological polar surface area (TPSA) is 58.9 Å². The molecular weight excluding hydrogens is 737 g/mol. The molecule has 318 valence electrons. The van der Waals surface area contributed by atoms with Crippen molar-refractivity contribution in [2.75, 3.05) is 14.2 Å².